The van der Waals surface area contributed by atoms with E-state index >= 15 is 0 Å². The molecule has 0 saturated carbocycles. The zero-order valence-corrected chi connectivity index (χ0v) is 14.7. The van der Waals surface area contributed by atoms with Gasteiger partial charge in [0, 0.05) is 13.6 Å². The molecule has 1 N–H and O–H groups in total. The molecule has 0 aliphatic carbocycles. The molecule has 1 heterocycles. The molecule has 3 aromatic rings. The van der Waals surface area contributed by atoms with Gasteiger partial charge in [-0.15, -0.1) is 0 Å². The van der Waals surface area contributed by atoms with Crippen LogP contribution in [-0.4, -0.2) is 27.3 Å². The van der Waals surface area contributed by atoms with Crippen molar-refractivity contribution in [2.75, 3.05) is 6.54 Å². The number of amides is 1. The summed E-state index contributed by atoms with van der Waals surface area (Å²) in [7, 11) is 1.69. The summed E-state index contributed by atoms with van der Waals surface area (Å²) < 4.78 is 1.51. The fraction of sp³-hybridized carbons (Fsp3) is 0.278. The molecule has 3 rings (SSSR count). The Hall–Kier alpha value is -2.34. The van der Waals surface area contributed by atoms with Crippen LogP contribution in [-0.2, 0) is 11.8 Å². The molecular formula is C18H19N3O2S. The summed E-state index contributed by atoms with van der Waals surface area (Å²) in [6.07, 6.45) is 0. The number of nitrogens with zero attached hydrogens (tertiary/aromatic N) is 2. The van der Waals surface area contributed by atoms with E-state index in [9.17, 15) is 9.59 Å². The number of aromatic nitrogens is 2. The minimum Gasteiger partial charge on any atom is -0.355 e. The van der Waals surface area contributed by atoms with Gasteiger partial charge < -0.3 is 5.32 Å². The molecule has 0 unspecified atom stereocenters. The van der Waals surface area contributed by atoms with Gasteiger partial charge in [0.05, 0.1) is 16.2 Å². The van der Waals surface area contributed by atoms with Crippen molar-refractivity contribution in [1.29, 1.82) is 0 Å². The number of hydrogen-bond donors (Lipinski definition) is 1. The third-order valence-corrected chi connectivity index (χ3v) is 5.05. The first-order valence-electron chi connectivity index (χ1n) is 7.85. The van der Waals surface area contributed by atoms with Crippen molar-refractivity contribution in [3.05, 3.63) is 46.8 Å². The zero-order valence-electron chi connectivity index (χ0n) is 13.9. The number of rotatable bonds is 4. The normalized spacial score (nSPS) is 12.5. The summed E-state index contributed by atoms with van der Waals surface area (Å²) in [5, 5.41) is 5.65. The highest BCUT2D eigenvalue weighted by Gasteiger charge is 2.17. The molecule has 1 aromatic heterocycles. The monoisotopic (exact) mass is 341 g/mol. The largest absolute Gasteiger partial charge is 0.355 e. The summed E-state index contributed by atoms with van der Waals surface area (Å²) >= 11 is 1.29. The molecule has 2 aromatic carbocycles. The highest BCUT2D eigenvalue weighted by Crippen LogP contribution is 2.24. The number of nitrogens with one attached hydrogen (secondary N) is 1. The first-order chi connectivity index (χ1) is 11.5. The van der Waals surface area contributed by atoms with Crippen LogP contribution in [0.25, 0.3) is 21.7 Å². The van der Waals surface area contributed by atoms with Gasteiger partial charge in [-0.2, -0.15) is 0 Å². The Labute approximate surface area is 144 Å². The van der Waals surface area contributed by atoms with Crippen LogP contribution in [0.3, 0.4) is 0 Å². The summed E-state index contributed by atoms with van der Waals surface area (Å²) in [5.41, 5.74) is 0.554. The molecule has 1 atom stereocenters. The lowest BCUT2D eigenvalue weighted by atomic mass is 10.1. The highest BCUT2D eigenvalue weighted by molar-refractivity contribution is 8.00. The molecule has 6 heteroatoms. The second kappa shape index (κ2) is 6.65. The molecule has 1 amide bonds. The number of fused-ring (bicyclic) bond motifs is 2. The second-order valence-corrected chi connectivity index (χ2v) is 6.94. The van der Waals surface area contributed by atoms with Crippen LogP contribution in [0.1, 0.15) is 13.8 Å². The molecule has 24 heavy (non-hydrogen) atoms. The third-order valence-electron chi connectivity index (χ3n) is 3.90. The smallest absolute Gasteiger partial charge is 0.261 e. The van der Waals surface area contributed by atoms with E-state index in [1.165, 1.54) is 16.3 Å². The van der Waals surface area contributed by atoms with Gasteiger partial charge in [0.2, 0.25) is 5.91 Å². The molecule has 5 nitrogen and oxygen atoms in total. The molecule has 0 spiro atoms. The number of carbonyl (C=O) groups excluding carboxylic acids is 1. The number of hydrogen-bond acceptors (Lipinski definition) is 4. The fourth-order valence-electron chi connectivity index (χ4n) is 2.57. The number of benzene rings is 2. The topological polar surface area (TPSA) is 64.0 Å². The zero-order chi connectivity index (χ0) is 17.3. The van der Waals surface area contributed by atoms with Crippen molar-refractivity contribution in [3.8, 4) is 0 Å². The van der Waals surface area contributed by atoms with E-state index in [1.54, 1.807) is 7.05 Å². The average molecular weight is 341 g/mol. The quantitative estimate of drug-likeness (QED) is 0.450. The standard InChI is InChI=1S/C18H19N3O2S/c1-4-19-16(22)11(2)24-18-20-15-10-13-8-6-5-7-12(13)9-14(15)17(23)21(18)3/h5-11H,4H2,1-3H3,(H,19,22)/t11-/m1/s1. The lowest BCUT2D eigenvalue weighted by Gasteiger charge is -2.13. The van der Waals surface area contributed by atoms with E-state index in [-0.39, 0.29) is 16.7 Å². The molecular weight excluding hydrogens is 322 g/mol. The van der Waals surface area contributed by atoms with Crippen LogP contribution >= 0.6 is 11.8 Å². The molecule has 0 bridgehead atoms. The Morgan fingerprint density at radius 3 is 2.62 bits per heavy atom. The van der Waals surface area contributed by atoms with E-state index in [0.717, 1.165) is 10.8 Å². The summed E-state index contributed by atoms with van der Waals surface area (Å²) in [4.78, 5) is 29.2. The third kappa shape index (κ3) is 3.01. The lowest BCUT2D eigenvalue weighted by Crippen LogP contribution is -2.31. The van der Waals surface area contributed by atoms with Crippen LogP contribution in [0.5, 0.6) is 0 Å². The molecule has 0 radical (unpaired) electrons. The highest BCUT2D eigenvalue weighted by atomic mass is 32.2. The minimum atomic E-state index is -0.319. The first-order valence-corrected chi connectivity index (χ1v) is 8.73. The van der Waals surface area contributed by atoms with Gasteiger partial charge >= 0.3 is 0 Å². The minimum absolute atomic E-state index is 0.0599. The maximum atomic E-state index is 12.7. The maximum Gasteiger partial charge on any atom is 0.261 e. The molecule has 0 fully saturated rings. The van der Waals surface area contributed by atoms with Crippen molar-refractivity contribution < 1.29 is 4.79 Å². The van der Waals surface area contributed by atoms with Crippen LogP contribution in [0.4, 0.5) is 0 Å². The second-order valence-electron chi connectivity index (χ2n) is 5.63. The number of thioether (sulfide) groups is 1. The van der Waals surface area contributed by atoms with Crippen molar-refractivity contribution in [2.24, 2.45) is 7.05 Å². The molecule has 0 aliphatic rings. The van der Waals surface area contributed by atoms with Crippen LogP contribution < -0.4 is 10.9 Å². The van der Waals surface area contributed by atoms with E-state index in [0.29, 0.717) is 22.6 Å². The summed E-state index contributed by atoms with van der Waals surface area (Å²) in [6.45, 7) is 4.27. The lowest BCUT2D eigenvalue weighted by molar-refractivity contribution is -0.120. The SMILES string of the molecule is CCNC(=O)[C@@H](C)Sc1nc2cc3ccccc3cc2c(=O)n1C. The Kier molecular flexibility index (Phi) is 4.57. The van der Waals surface area contributed by atoms with E-state index in [4.69, 9.17) is 0 Å². The van der Waals surface area contributed by atoms with Crippen molar-refractivity contribution in [1.82, 2.24) is 14.9 Å². The van der Waals surface area contributed by atoms with Gasteiger partial charge in [-0.1, -0.05) is 36.0 Å². The van der Waals surface area contributed by atoms with Crippen LogP contribution in [0, 0.1) is 0 Å². The Morgan fingerprint density at radius 1 is 1.29 bits per heavy atom. The van der Waals surface area contributed by atoms with Crippen molar-refractivity contribution in [3.63, 3.8) is 0 Å². The van der Waals surface area contributed by atoms with Crippen molar-refractivity contribution >= 4 is 39.3 Å². The van der Waals surface area contributed by atoms with E-state index in [2.05, 4.69) is 10.3 Å². The molecule has 124 valence electrons. The van der Waals surface area contributed by atoms with Gasteiger partial charge in [0.15, 0.2) is 5.16 Å². The van der Waals surface area contributed by atoms with Gasteiger partial charge in [0.1, 0.15) is 0 Å². The predicted octanol–water partition coefficient (Wildman–Crippen LogP) is 2.70. The van der Waals surface area contributed by atoms with Crippen LogP contribution in [0.15, 0.2) is 46.3 Å². The summed E-state index contributed by atoms with van der Waals surface area (Å²) in [5.74, 6) is -0.0599. The first kappa shape index (κ1) is 16.5. The maximum absolute atomic E-state index is 12.7. The Bertz CT molecular complexity index is 981. The van der Waals surface area contributed by atoms with Gasteiger partial charge in [-0.05, 0) is 36.8 Å². The average Bonchev–Trinajstić information content (AvgIpc) is 2.58. The predicted molar refractivity (Wildman–Crippen MR) is 98.5 cm³/mol. The van der Waals surface area contributed by atoms with Gasteiger partial charge in [-0.25, -0.2) is 4.98 Å². The molecule has 0 aliphatic heterocycles. The Morgan fingerprint density at radius 2 is 1.96 bits per heavy atom. The Balaban J connectivity index is 2.09. The van der Waals surface area contributed by atoms with Crippen LogP contribution in [0.2, 0.25) is 0 Å². The van der Waals surface area contributed by atoms with E-state index < -0.39 is 0 Å². The molecule has 0 saturated heterocycles. The van der Waals surface area contributed by atoms with Gasteiger partial charge in [-0.3, -0.25) is 14.2 Å². The fourth-order valence-corrected chi connectivity index (χ4v) is 3.47. The van der Waals surface area contributed by atoms with E-state index in [1.807, 2.05) is 50.2 Å². The van der Waals surface area contributed by atoms with Gasteiger partial charge in [0.25, 0.3) is 5.56 Å². The summed E-state index contributed by atoms with van der Waals surface area (Å²) in [6, 6.07) is 11.7. The van der Waals surface area contributed by atoms with Crippen molar-refractivity contribution in [2.45, 2.75) is 24.3 Å². The number of carbonyl (C=O) groups is 1.